The molecule has 0 amide bonds. The van der Waals surface area contributed by atoms with Gasteiger partial charge in [-0.3, -0.25) is 14.6 Å². The average molecular weight is 450 g/mol. The smallest absolute Gasteiger partial charge is 0.306 e. The van der Waals surface area contributed by atoms with Gasteiger partial charge < -0.3 is 9.84 Å². The summed E-state index contributed by atoms with van der Waals surface area (Å²) in [4.78, 5) is 27.2. The Balaban J connectivity index is 1.30. The summed E-state index contributed by atoms with van der Waals surface area (Å²) in [5.41, 5.74) is 4.65. The van der Waals surface area contributed by atoms with Crippen LogP contribution in [0.5, 0.6) is 0 Å². The highest BCUT2D eigenvalue weighted by Crippen LogP contribution is 2.66. The number of aliphatic carboxylic acids is 1. The Morgan fingerprint density at radius 3 is 2.67 bits per heavy atom. The van der Waals surface area contributed by atoms with Crippen molar-refractivity contribution in [1.82, 2.24) is 4.98 Å². The lowest BCUT2D eigenvalue weighted by atomic mass is 9.47. The van der Waals surface area contributed by atoms with E-state index in [4.69, 9.17) is 9.84 Å². The van der Waals surface area contributed by atoms with E-state index in [0.717, 1.165) is 32.1 Å². The minimum absolute atomic E-state index is 0.0423. The SMILES string of the molecule is C[C@@]12CC[C@@H]3[C@H](CC=C4C[C@H](OC(=O)CCC(=O)O)CC[C@]43C)[C@H]1CC=C2c1cccnc1. The zero-order valence-corrected chi connectivity index (χ0v) is 19.8. The highest BCUT2D eigenvalue weighted by molar-refractivity contribution is 5.76. The van der Waals surface area contributed by atoms with Gasteiger partial charge in [-0.05, 0) is 84.3 Å². The molecule has 4 aliphatic carbocycles. The summed E-state index contributed by atoms with van der Waals surface area (Å²) in [7, 11) is 0. The van der Waals surface area contributed by atoms with Crippen molar-refractivity contribution in [2.45, 2.75) is 77.7 Å². The number of ether oxygens (including phenoxy) is 1. The molecule has 1 aromatic heterocycles. The number of carbonyl (C=O) groups is 2. The number of aromatic nitrogens is 1. The van der Waals surface area contributed by atoms with Crippen molar-refractivity contribution >= 4 is 17.5 Å². The van der Waals surface area contributed by atoms with Crippen LogP contribution in [0.25, 0.3) is 5.57 Å². The molecular weight excluding hydrogens is 414 g/mol. The van der Waals surface area contributed by atoms with Gasteiger partial charge in [0, 0.05) is 18.8 Å². The predicted molar refractivity (Wildman–Crippen MR) is 126 cm³/mol. The van der Waals surface area contributed by atoms with Crippen LogP contribution in [0.1, 0.15) is 77.2 Å². The Bertz CT molecular complexity index is 998. The normalized spacial score (nSPS) is 37.2. The van der Waals surface area contributed by atoms with E-state index in [0.29, 0.717) is 17.8 Å². The highest BCUT2D eigenvalue weighted by atomic mass is 16.5. The molecule has 5 nitrogen and oxygen atoms in total. The maximum absolute atomic E-state index is 12.1. The number of pyridine rings is 1. The number of rotatable bonds is 5. The molecule has 176 valence electrons. The largest absolute Gasteiger partial charge is 0.481 e. The van der Waals surface area contributed by atoms with E-state index >= 15 is 0 Å². The monoisotopic (exact) mass is 449 g/mol. The fraction of sp³-hybridized carbons (Fsp3) is 0.607. The molecule has 6 atom stereocenters. The third kappa shape index (κ3) is 3.83. The van der Waals surface area contributed by atoms with Gasteiger partial charge >= 0.3 is 11.9 Å². The molecule has 0 unspecified atom stereocenters. The second-order valence-corrected chi connectivity index (χ2v) is 11.1. The van der Waals surface area contributed by atoms with Crippen LogP contribution in [-0.4, -0.2) is 28.1 Å². The van der Waals surface area contributed by atoms with Crippen LogP contribution in [0.3, 0.4) is 0 Å². The first-order chi connectivity index (χ1) is 15.8. The second kappa shape index (κ2) is 8.41. The highest BCUT2D eigenvalue weighted by Gasteiger charge is 2.57. The summed E-state index contributed by atoms with van der Waals surface area (Å²) in [5, 5.41) is 8.81. The van der Waals surface area contributed by atoms with Crippen LogP contribution in [0.15, 0.2) is 42.3 Å². The number of fused-ring (bicyclic) bond motifs is 5. The molecule has 1 heterocycles. The Kier molecular flexibility index (Phi) is 5.70. The van der Waals surface area contributed by atoms with Crippen molar-refractivity contribution in [2.75, 3.05) is 0 Å². The average Bonchev–Trinajstić information content (AvgIpc) is 3.16. The lowest BCUT2D eigenvalue weighted by Gasteiger charge is -2.57. The first-order valence-corrected chi connectivity index (χ1v) is 12.5. The van der Waals surface area contributed by atoms with Gasteiger partial charge in [-0.1, -0.05) is 37.6 Å². The predicted octanol–water partition coefficient (Wildman–Crippen LogP) is 5.81. The van der Waals surface area contributed by atoms with Gasteiger partial charge in [0.05, 0.1) is 12.8 Å². The Morgan fingerprint density at radius 2 is 1.91 bits per heavy atom. The zero-order chi connectivity index (χ0) is 23.2. The van der Waals surface area contributed by atoms with E-state index < -0.39 is 5.97 Å². The lowest BCUT2D eigenvalue weighted by molar-refractivity contribution is -0.154. The maximum Gasteiger partial charge on any atom is 0.306 e. The minimum Gasteiger partial charge on any atom is -0.481 e. The van der Waals surface area contributed by atoms with Crippen LogP contribution < -0.4 is 0 Å². The Labute approximate surface area is 196 Å². The third-order valence-corrected chi connectivity index (χ3v) is 9.45. The summed E-state index contributed by atoms with van der Waals surface area (Å²) in [6.07, 6.45) is 16.0. The van der Waals surface area contributed by atoms with Crippen LogP contribution in [-0.2, 0) is 14.3 Å². The number of esters is 1. The molecule has 2 fully saturated rings. The molecule has 5 rings (SSSR count). The molecule has 0 bridgehead atoms. The number of carboxylic acid groups (broad SMARTS) is 1. The summed E-state index contributed by atoms with van der Waals surface area (Å²) in [5.74, 6) is 0.710. The van der Waals surface area contributed by atoms with E-state index in [1.807, 2.05) is 18.5 Å². The fourth-order valence-electron chi connectivity index (χ4n) is 7.72. The molecule has 1 N–H and O–H groups in total. The van der Waals surface area contributed by atoms with E-state index in [9.17, 15) is 9.59 Å². The number of carbonyl (C=O) groups excluding carboxylic acids is 1. The fourth-order valence-corrected chi connectivity index (χ4v) is 7.72. The van der Waals surface area contributed by atoms with E-state index in [2.05, 4.69) is 37.0 Å². The Hall–Kier alpha value is -2.43. The minimum atomic E-state index is -0.957. The van der Waals surface area contributed by atoms with Crippen molar-refractivity contribution < 1.29 is 19.4 Å². The number of carboxylic acids is 1. The number of hydrogen-bond acceptors (Lipinski definition) is 4. The van der Waals surface area contributed by atoms with Crippen molar-refractivity contribution in [1.29, 1.82) is 0 Å². The van der Waals surface area contributed by atoms with Gasteiger partial charge in [-0.25, -0.2) is 0 Å². The molecule has 5 heteroatoms. The van der Waals surface area contributed by atoms with Crippen LogP contribution in [0.2, 0.25) is 0 Å². The second-order valence-electron chi connectivity index (χ2n) is 11.1. The van der Waals surface area contributed by atoms with Crippen molar-refractivity contribution in [3.63, 3.8) is 0 Å². The lowest BCUT2D eigenvalue weighted by Crippen LogP contribution is -2.50. The number of allylic oxidation sites excluding steroid dienone is 3. The molecule has 0 radical (unpaired) electrons. The Morgan fingerprint density at radius 1 is 1.09 bits per heavy atom. The first kappa shape index (κ1) is 22.4. The number of nitrogens with zero attached hydrogens (tertiary/aromatic N) is 1. The van der Waals surface area contributed by atoms with Crippen LogP contribution in [0, 0.1) is 28.6 Å². The molecule has 4 aliphatic rings. The quantitative estimate of drug-likeness (QED) is 0.453. The molecule has 0 aromatic carbocycles. The molecule has 0 spiro atoms. The van der Waals surface area contributed by atoms with Crippen molar-refractivity contribution in [2.24, 2.45) is 28.6 Å². The summed E-state index contributed by atoms with van der Waals surface area (Å²) < 4.78 is 5.66. The zero-order valence-electron chi connectivity index (χ0n) is 19.8. The molecule has 2 saturated carbocycles. The molecule has 33 heavy (non-hydrogen) atoms. The van der Waals surface area contributed by atoms with E-state index in [-0.39, 0.29) is 35.7 Å². The van der Waals surface area contributed by atoms with Gasteiger partial charge in [-0.15, -0.1) is 0 Å². The number of hydrogen-bond donors (Lipinski definition) is 1. The van der Waals surface area contributed by atoms with E-state index in [1.165, 1.54) is 29.6 Å². The first-order valence-electron chi connectivity index (χ1n) is 12.5. The van der Waals surface area contributed by atoms with Gasteiger partial charge in [0.2, 0.25) is 0 Å². The molecular formula is C28H35NO4. The van der Waals surface area contributed by atoms with Crippen LogP contribution >= 0.6 is 0 Å². The maximum atomic E-state index is 12.1. The summed E-state index contributed by atoms with van der Waals surface area (Å²) in [6.45, 7) is 4.93. The van der Waals surface area contributed by atoms with Crippen LogP contribution in [0.4, 0.5) is 0 Å². The molecule has 1 aromatic rings. The van der Waals surface area contributed by atoms with E-state index in [1.54, 1.807) is 0 Å². The standard InChI is InChI=1S/C28H35NO4/c1-27-13-11-20(33-26(32)10-9-25(30)31)16-19(27)5-6-21-23-8-7-22(18-4-3-15-29-17-18)28(23,2)14-12-24(21)27/h3-5,7,15,17,20-21,23-24H,6,8-14,16H2,1-2H3,(H,30,31)/t20-,21-,23-,24-,27-,28+/m1/s1. The summed E-state index contributed by atoms with van der Waals surface area (Å²) in [6, 6.07) is 4.25. The van der Waals surface area contributed by atoms with Gasteiger partial charge in [-0.2, -0.15) is 0 Å². The summed E-state index contributed by atoms with van der Waals surface area (Å²) >= 11 is 0. The van der Waals surface area contributed by atoms with Gasteiger partial charge in [0.15, 0.2) is 0 Å². The topological polar surface area (TPSA) is 76.5 Å². The van der Waals surface area contributed by atoms with Crippen molar-refractivity contribution in [3.8, 4) is 0 Å². The van der Waals surface area contributed by atoms with Gasteiger partial charge in [0.1, 0.15) is 6.10 Å². The molecule has 0 saturated heterocycles. The third-order valence-electron chi connectivity index (χ3n) is 9.45. The molecule has 0 aliphatic heterocycles. The van der Waals surface area contributed by atoms with Gasteiger partial charge in [0.25, 0.3) is 0 Å². The van der Waals surface area contributed by atoms with Crippen molar-refractivity contribution in [3.05, 3.63) is 47.8 Å².